The lowest BCUT2D eigenvalue weighted by molar-refractivity contribution is -0.143. The molecule has 1 rings (SSSR count). The molecule has 1 fully saturated rings. The van der Waals surface area contributed by atoms with Gasteiger partial charge >= 0.3 is 12.2 Å². The highest BCUT2D eigenvalue weighted by Gasteiger charge is 2.29. The van der Waals surface area contributed by atoms with Crippen LogP contribution >= 0.6 is 0 Å². The van der Waals surface area contributed by atoms with E-state index < -0.39 is 12.7 Å². The van der Waals surface area contributed by atoms with Crippen LogP contribution in [0.3, 0.4) is 0 Å². The predicted octanol–water partition coefficient (Wildman–Crippen LogP) is 0.894. The van der Waals surface area contributed by atoms with Crippen molar-refractivity contribution in [3.63, 3.8) is 0 Å². The summed E-state index contributed by atoms with van der Waals surface area (Å²) in [5.74, 6) is 0.138. The van der Waals surface area contributed by atoms with Gasteiger partial charge in [-0.25, -0.2) is 4.79 Å². The molecule has 0 aromatic carbocycles. The zero-order valence-electron chi connectivity index (χ0n) is 11.6. The molecule has 0 radical (unpaired) electrons. The highest BCUT2D eigenvalue weighted by atomic mass is 19.4. The van der Waals surface area contributed by atoms with Crippen LogP contribution in [-0.2, 0) is 0 Å². The van der Waals surface area contributed by atoms with Gasteiger partial charge in [-0.2, -0.15) is 13.2 Å². The fourth-order valence-corrected chi connectivity index (χ4v) is 2.21. The minimum atomic E-state index is -4.19. The van der Waals surface area contributed by atoms with E-state index in [4.69, 9.17) is 5.11 Å². The summed E-state index contributed by atoms with van der Waals surface area (Å²) in [6.07, 6.45) is -2.93. The van der Waals surface area contributed by atoms with E-state index in [1.807, 2.05) is 0 Å². The second-order valence-electron chi connectivity index (χ2n) is 5.22. The first-order chi connectivity index (χ1) is 9.31. The molecule has 0 spiro atoms. The summed E-state index contributed by atoms with van der Waals surface area (Å²) in [4.78, 5) is 14.5. The van der Waals surface area contributed by atoms with Gasteiger partial charge in [0, 0.05) is 32.2 Å². The Morgan fingerprint density at radius 3 is 2.75 bits per heavy atom. The number of alkyl halides is 3. The van der Waals surface area contributed by atoms with Crippen LogP contribution in [0.15, 0.2) is 0 Å². The molecule has 0 aromatic heterocycles. The van der Waals surface area contributed by atoms with E-state index >= 15 is 0 Å². The Kier molecular flexibility index (Phi) is 6.54. The van der Waals surface area contributed by atoms with Gasteiger partial charge in [-0.3, -0.25) is 4.90 Å². The molecule has 2 amide bonds. The van der Waals surface area contributed by atoms with Gasteiger partial charge in [0.15, 0.2) is 0 Å². The molecule has 118 valence electrons. The minimum Gasteiger partial charge on any atom is -0.396 e. The van der Waals surface area contributed by atoms with Gasteiger partial charge in [0.05, 0.1) is 6.54 Å². The summed E-state index contributed by atoms with van der Waals surface area (Å²) in [5.41, 5.74) is 0. The van der Waals surface area contributed by atoms with E-state index in [-0.39, 0.29) is 25.1 Å². The van der Waals surface area contributed by atoms with Crippen molar-refractivity contribution < 1.29 is 23.1 Å². The van der Waals surface area contributed by atoms with E-state index in [9.17, 15) is 18.0 Å². The fourth-order valence-electron chi connectivity index (χ4n) is 2.21. The molecule has 1 aliphatic heterocycles. The van der Waals surface area contributed by atoms with E-state index in [1.165, 1.54) is 11.9 Å². The Bertz CT molecular complexity index is 313. The van der Waals surface area contributed by atoms with Crippen molar-refractivity contribution in [1.29, 1.82) is 0 Å². The second kappa shape index (κ2) is 7.68. The quantitative estimate of drug-likeness (QED) is 0.716. The number of rotatable bonds is 6. The maximum absolute atomic E-state index is 12.1. The molecule has 0 aliphatic carbocycles. The lowest BCUT2D eigenvalue weighted by Gasteiger charge is -2.20. The van der Waals surface area contributed by atoms with Crippen LogP contribution in [0.25, 0.3) is 0 Å². The smallest absolute Gasteiger partial charge is 0.396 e. The molecule has 1 atom stereocenters. The van der Waals surface area contributed by atoms with Crippen LogP contribution < -0.4 is 5.32 Å². The van der Waals surface area contributed by atoms with Crippen molar-refractivity contribution in [2.24, 2.45) is 5.92 Å². The molecular weight excluding hydrogens is 275 g/mol. The van der Waals surface area contributed by atoms with Crippen molar-refractivity contribution in [1.82, 2.24) is 15.1 Å². The van der Waals surface area contributed by atoms with Gasteiger partial charge in [-0.15, -0.1) is 0 Å². The van der Waals surface area contributed by atoms with Crippen LogP contribution in [0, 0.1) is 5.92 Å². The third-order valence-electron chi connectivity index (χ3n) is 3.27. The summed E-state index contributed by atoms with van der Waals surface area (Å²) in [6.45, 7) is 0.916. The van der Waals surface area contributed by atoms with Crippen molar-refractivity contribution in [2.75, 3.05) is 46.4 Å². The number of likely N-dealkylation sites (tertiary alicyclic amines) is 1. The maximum Gasteiger partial charge on any atom is 0.401 e. The second-order valence-corrected chi connectivity index (χ2v) is 5.22. The summed E-state index contributed by atoms with van der Waals surface area (Å²) in [7, 11) is 1.40. The van der Waals surface area contributed by atoms with Crippen LogP contribution in [0.2, 0.25) is 0 Å². The van der Waals surface area contributed by atoms with Crippen molar-refractivity contribution in [2.45, 2.75) is 19.0 Å². The molecule has 5 nitrogen and oxygen atoms in total. The number of amides is 2. The number of nitrogens with zero attached hydrogens (tertiary/aromatic N) is 2. The number of carbonyl (C=O) groups is 1. The highest BCUT2D eigenvalue weighted by Crippen LogP contribution is 2.16. The third kappa shape index (κ3) is 6.42. The van der Waals surface area contributed by atoms with E-state index in [0.29, 0.717) is 26.1 Å². The van der Waals surface area contributed by atoms with Crippen LogP contribution in [-0.4, -0.2) is 73.5 Å². The number of urea groups is 1. The Morgan fingerprint density at radius 2 is 2.20 bits per heavy atom. The standard InChI is InChI=1S/C12H22F3N3O2/c1-17(9-12(13,14)15)5-2-4-16-11(20)18-6-3-10(7-18)8-19/h10,19H,2-9H2,1H3,(H,16,20). The van der Waals surface area contributed by atoms with E-state index in [2.05, 4.69) is 5.32 Å². The maximum atomic E-state index is 12.1. The number of aliphatic hydroxyl groups is 1. The molecule has 20 heavy (non-hydrogen) atoms. The average Bonchev–Trinajstić information content (AvgIpc) is 2.81. The summed E-state index contributed by atoms with van der Waals surface area (Å²) in [5, 5.41) is 11.7. The Balaban J connectivity index is 2.11. The lowest BCUT2D eigenvalue weighted by atomic mass is 10.1. The highest BCUT2D eigenvalue weighted by molar-refractivity contribution is 5.74. The van der Waals surface area contributed by atoms with E-state index in [1.54, 1.807) is 4.90 Å². The van der Waals surface area contributed by atoms with Crippen LogP contribution in [0.5, 0.6) is 0 Å². The zero-order valence-corrected chi connectivity index (χ0v) is 11.6. The first kappa shape index (κ1) is 17.0. The molecule has 1 unspecified atom stereocenters. The zero-order chi connectivity index (χ0) is 15.2. The molecule has 0 aromatic rings. The fraction of sp³-hybridized carbons (Fsp3) is 0.917. The van der Waals surface area contributed by atoms with Gasteiger partial charge in [0.1, 0.15) is 0 Å². The number of nitrogens with one attached hydrogen (secondary N) is 1. The van der Waals surface area contributed by atoms with Gasteiger partial charge < -0.3 is 15.3 Å². The van der Waals surface area contributed by atoms with E-state index in [0.717, 1.165) is 6.42 Å². The summed E-state index contributed by atoms with van der Waals surface area (Å²) < 4.78 is 36.2. The van der Waals surface area contributed by atoms with Gasteiger partial charge in [0.2, 0.25) is 0 Å². The molecule has 0 bridgehead atoms. The third-order valence-corrected chi connectivity index (χ3v) is 3.27. The van der Waals surface area contributed by atoms with Gasteiger partial charge in [-0.1, -0.05) is 0 Å². The number of aliphatic hydroxyl groups excluding tert-OH is 1. The van der Waals surface area contributed by atoms with Crippen molar-refractivity contribution in [3.05, 3.63) is 0 Å². The number of carbonyl (C=O) groups excluding carboxylic acids is 1. The minimum absolute atomic E-state index is 0.0754. The predicted molar refractivity (Wildman–Crippen MR) is 68.3 cm³/mol. The molecule has 1 heterocycles. The Morgan fingerprint density at radius 1 is 1.50 bits per heavy atom. The molecule has 1 aliphatic rings. The normalized spacial score (nSPS) is 19.7. The SMILES string of the molecule is CN(CCCNC(=O)N1CCC(CO)C1)CC(F)(F)F. The van der Waals surface area contributed by atoms with Gasteiger partial charge in [0.25, 0.3) is 0 Å². The largest absolute Gasteiger partial charge is 0.401 e. The summed E-state index contributed by atoms with van der Waals surface area (Å²) in [6, 6.07) is -0.209. The summed E-state index contributed by atoms with van der Waals surface area (Å²) >= 11 is 0. The number of hydrogen-bond donors (Lipinski definition) is 2. The molecule has 8 heteroatoms. The Hall–Kier alpha value is -1.02. The lowest BCUT2D eigenvalue weighted by Crippen LogP contribution is -2.40. The van der Waals surface area contributed by atoms with Crippen molar-refractivity contribution in [3.8, 4) is 0 Å². The van der Waals surface area contributed by atoms with Crippen LogP contribution in [0.1, 0.15) is 12.8 Å². The van der Waals surface area contributed by atoms with Crippen LogP contribution in [0.4, 0.5) is 18.0 Å². The first-order valence-electron chi connectivity index (χ1n) is 6.70. The molecule has 2 N–H and O–H groups in total. The first-order valence-corrected chi connectivity index (χ1v) is 6.70. The molecular formula is C12H22F3N3O2. The number of hydrogen-bond acceptors (Lipinski definition) is 3. The Labute approximate surface area is 116 Å². The molecule has 1 saturated heterocycles. The topological polar surface area (TPSA) is 55.8 Å². The molecule has 0 saturated carbocycles. The monoisotopic (exact) mass is 297 g/mol. The van der Waals surface area contributed by atoms with Gasteiger partial charge in [-0.05, 0) is 26.4 Å². The number of halogens is 3. The van der Waals surface area contributed by atoms with Crippen molar-refractivity contribution >= 4 is 6.03 Å². The average molecular weight is 297 g/mol.